The number of rotatable bonds is 5. The van der Waals surface area contributed by atoms with E-state index in [-0.39, 0.29) is 28.7 Å². The van der Waals surface area contributed by atoms with Gasteiger partial charge >= 0.3 is 0 Å². The zero-order chi connectivity index (χ0) is 20.6. The highest BCUT2D eigenvalue weighted by Crippen LogP contribution is 2.36. The summed E-state index contributed by atoms with van der Waals surface area (Å²) in [7, 11) is -3.50. The predicted molar refractivity (Wildman–Crippen MR) is 123 cm³/mol. The summed E-state index contributed by atoms with van der Waals surface area (Å²) in [6, 6.07) is 12.5. The van der Waals surface area contributed by atoms with E-state index in [0.717, 1.165) is 27.8 Å². The molecule has 11 heteroatoms. The summed E-state index contributed by atoms with van der Waals surface area (Å²) < 4.78 is 42.9. The first-order valence-electron chi connectivity index (χ1n) is 9.40. The molecule has 1 fully saturated rings. The van der Waals surface area contributed by atoms with E-state index in [4.69, 9.17) is 14.2 Å². The van der Waals surface area contributed by atoms with Gasteiger partial charge in [0.2, 0.25) is 16.8 Å². The summed E-state index contributed by atoms with van der Waals surface area (Å²) in [5.41, 5.74) is 2.48. The van der Waals surface area contributed by atoms with Crippen molar-refractivity contribution in [1.82, 2.24) is 9.29 Å². The monoisotopic (exact) mass is 525 g/mol. The van der Waals surface area contributed by atoms with Gasteiger partial charge in [-0.25, -0.2) is 13.4 Å². The lowest BCUT2D eigenvalue weighted by atomic mass is 10.2. The van der Waals surface area contributed by atoms with Gasteiger partial charge in [-0.3, -0.25) is 0 Å². The summed E-state index contributed by atoms with van der Waals surface area (Å²) >= 11 is 1.47. The van der Waals surface area contributed by atoms with Crippen molar-refractivity contribution in [3.8, 4) is 22.8 Å². The zero-order valence-electron chi connectivity index (χ0n) is 16.3. The van der Waals surface area contributed by atoms with E-state index in [1.54, 1.807) is 24.3 Å². The van der Waals surface area contributed by atoms with Crippen LogP contribution in [0.5, 0.6) is 11.5 Å². The molecule has 0 spiro atoms. The van der Waals surface area contributed by atoms with Crippen LogP contribution >= 0.6 is 28.3 Å². The molecule has 1 aromatic heterocycles. The number of sulfonamides is 1. The number of nitrogens with zero attached hydrogens (tertiary/aromatic N) is 2. The van der Waals surface area contributed by atoms with Crippen molar-refractivity contribution >= 4 is 49.2 Å². The normalized spacial score (nSPS) is 16.0. The largest absolute Gasteiger partial charge is 0.454 e. The molecule has 164 valence electrons. The average Bonchev–Trinajstić information content (AvgIpc) is 3.44. The first kappa shape index (κ1) is 22.0. The number of nitrogens with one attached hydrogen (secondary N) is 1. The minimum Gasteiger partial charge on any atom is -0.454 e. The third-order valence-corrected chi connectivity index (χ3v) is 7.56. The minimum atomic E-state index is -3.50. The summed E-state index contributed by atoms with van der Waals surface area (Å²) in [5, 5.41) is 5.92. The smallest absolute Gasteiger partial charge is 0.243 e. The van der Waals surface area contributed by atoms with E-state index in [2.05, 4.69) is 10.3 Å². The highest BCUT2D eigenvalue weighted by atomic mass is 79.9. The molecular weight excluding hydrogens is 506 g/mol. The van der Waals surface area contributed by atoms with Gasteiger partial charge in [-0.2, -0.15) is 4.31 Å². The van der Waals surface area contributed by atoms with Gasteiger partial charge in [0, 0.05) is 35.8 Å². The van der Waals surface area contributed by atoms with Gasteiger partial charge in [0.05, 0.1) is 23.8 Å². The maximum atomic E-state index is 12.8. The summed E-state index contributed by atoms with van der Waals surface area (Å²) in [6.07, 6.45) is 0. The molecule has 2 aromatic carbocycles. The second kappa shape index (κ2) is 9.13. The van der Waals surface area contributed by atoms with Gasteiger partial charge in [0.15, 0.2) is 16.6 Å². The Labute approximate surface area is 194 Å². The van der Waals surface area contributed by atoms with E-state index >= 15 is 0 Å². The summed E-state index contributed by atoms with van der Waals surface area (Å²) in [6.45, 7) is 1.85. The standard InChI is InChI=1S/C20H19N3O5S2.BrH/c24-30(25,23-7-9-26-10-8-23)16-4-1-14(2-5-16)17-12-29-20(22-17)21-15-3-6-18-19(11-15)28-13-27-18;/h1-6,11-12H,7-10,13H2,(H,21,22);1H. The number of thiazole rings is 1. The van der Waals surface area contributed by atoms with E-state index in [9.17, 15) is 8.42 Å². The van der Waals surface area contributed by atoms with Gasteiger partial charge in [-0.15, -0.1) is 28.3 Å². The SMILES string of the molecule is Br.O=S(=O)(c1ccc(-c2csc(Nc3ccc4c(c3)OCO4)n2)cc1)N1CCOCC1. The van der Waals surface area contributed by atoms with Crippen molar-refractivity contribution in [3.05, 3.63) is 47.8 Å². The Kier molecular flexibility index (Phi) is 6.49. The van der Waals surface area contributed by atoms with Crippen LogP contribution < -0.4 is 14.8 Å². The number of aromatic nitrogens is 1. The van der Waals surface area contributed by atoms with Gasteiger partial charge < -0.3 is 19.5 Å². The van der Waals surface area contributed by atoms with Crippen LogP contribution in [0.3, 0.4) is 0 Å². The highest BCUT2D eigenvalue weighted by molar-refractivity contribution is 8.93. The van der Waals surface area contributed by atoms with Crippen molar-refractivity contribution in [2.75, 3.05) is 38.4 Å². The second-order valence-electron chi connectivity index (χ2n) is 6.77. The van der Waals surface area contributed by atoms with Crippen LogP contribution in [0.1, 0.15) is 0 Å². The Morgan fingerprint density at radius 1 is 1.00 bits per heavy atom. The zero-order valence-corrected chi connectivity index (χ0v) is 19.7. The fourth-order valence-corrected chi connectivity index (χ4v) is 5.44. The Morgan fingerprint density at radius 2 is 1.74 bits per heavy atom. The fourth-order valence-electron chi connectivity index (χ4n) is 3.30. The third kappa shape index (κ3) is 4.55. The Morgan fingerprint density at radius 3 is 2.52 bits per heavy atom. The van der Waals surface area contributed by atoms with Gasteiger partial charge in [-0.05, 0) is 24.3 Å². The molecule has 5 rings (SSSR count). The number of anilines is 2. The second-order valence-corrected chi connectivity index (χ2v) is 9.57. The van der Waals surface area contributed by atoms with E-state index in [0.29, 0.717) is 32.1 Å². The van der Waals surface area contributed by atoms with Gasteiger partial charge in [-0.1, -0.05) is 12.1 Å². The quantitative estimate of drug-likeness (QED) is 0.540. The molecular formula is C20H20BrN3O5S2. The minimum absolute atomic E-state index is 0. The van der Waals surface area contributed by atoms with Crippen molar-refractivity contribution in [3.63, 3.8) is 0 Å². The first-order valence-corrected chi connectivity index (χ1v) is 11.7. The fraction of sp³-hybridized carbons (Fsp3) is 0.250. The molecule has 1 saturated heterocycles. The number of fused-ring (bicyclic) bond motifs is 1. The van der Waals surface area contributed by atoms with Crippen molar-refractivity contribution < 1.29 is 22.6 Å². The Balaban J connectivity index is 0.00000231. The molecule has 1 N–H and O–H groups in total. The first-order chi connectivity index (χ1) is 14.6. The number of morpholine rings is 1. The lowest BCUT2D eigenvalue weighted by molar-refractivity contribution is 0.0730. The number of hydrogen-bond donors (Lipinski definition) is 1. The summed E-state index contributed by atoms with van der Waals surface area (Å²) in [4.78, 5) is 4.89. The van der Waals surface area contributed by atoms with Crippen LogP contribution in [0.25, 0.3) is 11.3 Å². The molecule has 2 aliphatic rings. The van der Waals surface area contributed by atoms with E-state index < -0.39 is 10.0 Å². The van der Waals surface area contributed by atoms with Gasteiger partial charge in [0.1, 0.15) is 0 Å². The third-order valence-electron chi connectivity index (χ3n) is 4.89. The molecule has 0 unspecified atom stereocenters. The lowest BCUT2D eigenvalue weighted by Gasteiger charge is -2.26. The molecule has 0 aliphatic carbocycles. The maximum absolute atomic E-state index is 12.8. The molecule has 8 nitrogen and oxygen atoms in total. The summed E-state index contributed by atoms with van der Waals surface area (Å²) in [5.74, 6) is 1.43. The van der Waals surface area contributed by atoms with Crippen LogP contribution in [-0.4, -0.2) is 50.8 Å². The highest BCUT2D eigenvalue weighted by Gasteiger charge is 2.26. The van der Waals surface area contributed by atoms with Crippen LogP contribution in [0.15, 0.2) is 52.7 Å². The van der Waals surface area contributed by atoms with Crippen LogP contribution in [-0.2, 0) is 14.8 Å². The average molecular weight is 526 g/mol. The molecule has 0 radical (unpaired) electrons. The molecule has 3 heterocycles. The molecule has 3 aromatic rings. The van der Waals surface area contributed by atoms with E-state index in [1.165, 1.54) is 15.6 Å². The predicted octanol–water partition coefficient (Wildman–Crippen LogP) is 3.88. The Hall–Kier alpha value is -2.18. The number of ether oxygens (including phenoxy) is 3. The van der Waals surface area contributed by atoms with Crippen molar-refractivity contribution in [1.29, 1.82) is 0 Å². The number of halogens is 1. The Bertz CT molecular complexity index is 1160. The maximum Gasteiger partial charge on any atom is 0.243 e. The van der Waals surface area contributed by atoms with Crippen LogP contribution in [0.4, 0.5) is 10.8 Å². The van der Waals surface area contributed by atoms with Gasteiger partial charge in [0.25, 0.3) is 0 Å². The molecule has 0 saturated carbocycles. The topological polar surface area (TPSA) is 90.0 Å². The van der Waals surface area contributed by atoms with Crippen LogP contribution in [0, 0.1) is 0 Å². The lowest BCUT2D eigenvalue weighted by Crippen LogP contribution is -2.40. The molecule has 2 aliphatic heterocycles. The molecule has 0 atom stereocenters. The molecule has 31 heavy (non-hydrogen) atoms. The van der Waals surface area contributed by atoms with Crippen molar-refractivity contribution in [2.24, 2.45) is 0 Å². The van der Waals surface area contributed by atoms with Crippen LogP contribution in [0.2, 0.25) is 0 Å². The molecule has 0 bridgehead atoms. The number of benzene rings is 2. The van der Waals surface area contributed by atoms with E-state index in [1.807, 2.05) is 23.6 Å². The van der Waals surface area contributed by atoms with Crippen molar-refractivity contribution in [2.45, 2.75) is 4.90 Å². The molecule has 0 amide bonds. The number of hydrogen-bond acceptors (Lipinski definition) is 8.